The van der Waals surface area contributed by atoms with Gasteiger partial charge in [0.05, 0.1) is 0 Å². The molecule has 3 aliphatic heterocycles. The van der Waals surface area contributed by atoms with E-state index in [9.17, 15) is 9.18 Å². The van der Waals surface area contributed by atoms with Crippen molar-refractivity contribution in [2.24, 2.45) is 4.99 Å². The van der Waals surface area contributed by atoms with Crippen LogP contribution in [0.5, 0.6) is 0 Å². The molecule has 0 saturated carbocycles. The van der Waals surface area contributed by atoms with E-state index >= 15 is 0 Å². The van der Waals surface area contributed by atoms with Crippen molar-refractivity contribution in [3.63, 3.8) is 0 Å². The van der Waals surface area contributed by atoms with Crippen molar-refractivity contribution in [3.8, 4) is 0 Å². The molecule has 1 unspecified atom stereocenters. The fourth-order valence-electron chi connectivity index (χ4n) is 5.66. The van der Waals surface area contributed by atoms with Gasteiger partial charge in [-0.2, -0.15) is 4.99 Å². The van der Waals surface area contributed by atoms with E-state index < -0.39 is 5.54 Å². The number of carbonyl (C=O) groups excluding carboxylic acids is 1. The van der Waals surface area contributed by atoms with Crippen molar-refractivity contribution in [1.82, 2.24) is 10.2 Å². The second-order valence-electron chi connectivity index (χ2n) is 9.05. The van der Waals surface area contributed by atoms with Gasteiger partial charge in [-0.3, -0.25) is 4.90 Å². The van der Waals surface area contributed by atoms with E-state index in [1.807, 2.05) is 12.1 Å². The number of nitrogens with one attached hydrogen (secondary N) is 1. The molecular weight excluding hydrogens is 391 g/mol. The molecule has 2 aromatic carbocycles. The molecule has 1 N–H and O–H groups in total. The smallest absolute Gasteiger partial charge is 0.350 e. The third kappa shape index (κ3) is 3.63. The van der Waals surface area contributed by atoms with Crippen molar-refractivity contribution in [3.05, 3.63) is 66.0 Å². The van der Waals surface area contributed by atoms with Crippen LogP contribution in [0.1, 0.15) is 38.2 Å². The Balaban J connectivity index is 1.52. The van der Waals surface area contributed by atoms with Crippen LogP contribution in [0, 0.1) is 5.82 Å². The molecule has 3 heterocycles. The molecule has 0 aromatic heterocycles. The number of hydrogen-bond acceptors (Lipinski definition) is 3. The number of halogens is 1. The topological polar surface area (TPSA) is 47.9 Å². The maximum absolute atomic E-state index is 14.1. The lowest BCUT2D eigenvalue weighted by molar-refractivity contribution is 0.245. The normalized spacial score (nSPS) is 28.5. The summed E-state index contributed by atoms with van der Waals surface area (Å²) < 4.78 is 14.1. The Hall–Kier alpha value is -2.73. The average Bonchev–Trinajstić information content (AvgIpc) is 3.30. The number of carbonyl (C=O) groups is 1. The first kappa shape index (κ1) is 20.2. The summed E-state index contributed by atoms with van der Waals surface area (Å²) in [6, 6.07) is 17.2. The van der Waals surface area contributed by atoms with Gasteiger partial charge in [-0.05, 0) is 69.3 Å². The maximum Gasteiger partial charge on any atom is 0.350 e. The number of rotatable bonds is 3. The van der Waals surface area contributed by atoms with Gasteiger partial charge in [-0.25, -0.2) is 9.18 Å². The van der Waals surface area contributed by atoms with Crippen LogP contribution in [-0.2, 0) is 6.42 Å². The summed E-state index contributed by atoms with van der Waals surface area (Å²) in [6.07, 6.45) is 4.66. The molecule has 2 amide bonds. The van der Waals surface area contributed by atoms with Gasteiger partial charge in [0, 0.05) is 24.3 Å². The van der Waals surface area contributed by atoms with Gasteiger partial charge >= 0.3 is 6.03 Å². The van der Waals surface area contributed by atoms with Gasteiger partial charge in [0.15, 0.2) is 0 Å². The van der Waals surface area contributed by atoms with Crippen LogP contribution < -0.4 is 10.2 Å². The van der Waals surface area contributed by atoms with Crippen molar-refractivity contribution in [1.29, 1.82) is 0 Å². The summed E-state index contributed by atoms with van der Waals surface area (Å²) in [6.45, 7) is 3.86. The molecule has 162 valence electrons. The standard InChI is InChI=1S/C25H29FN4O/c1-18-17-25(12-13-27-18)23(28-24(31)30(25)22-10-5-9-20(26)16-22)29-14-6-11-21(29)15-19-7-3-2-4-8-19/h2-5,7-10,16,18,21,27H,6,11-15,17H2,1H3/t18-,21?,25+/m0/s1. The van der Waals surface area contributed by atoms with E-state index in [1.165, 1.54) is 17.7 Å². The average molecular weight is 421 g/mol. The van der Waals surface area contributed by atoms with Crippen molar-refractivity contribution in [2.75, 3.05) is 18.0 Å². The molecule has 0 aliphatic carbocycles. The first-order valence-electron chi connectivity index (χ1n) is 11.3. The summed E-state index contributed by atoms with van der Waals surface area (Å²) in [7, 11) is 0. The number of urea groups is 1. The van der Waals surface area contributed by atoms with Gasteiger partial charge in [0.25, 0.3) is 0 Å². The number of likely N-dealkylation sites (tertiary alicyclic amines) is 1. The summed E-state index contributed by atoms with van der Waals surface area (Å²) >= 11 is 0. The van der Waals surface area contributed by atoms with Crippen LogP contribution in [0.15, 0.2) is 59.6 Å². The Morgan fingerprint density at radius 2 is 2.03 bits per heavy atom. The van der Waals surface area contributed by atoms with E-state index in [4.69, 9.17) is 0 Å². The van der Waals surface area contributed by atoms with E-state index in [-0.39, 0.29) is 17.9 Å². The summed E-state index contributed by atoms with van der Waals surface area (Å²) in [4.78, 5) is 22.0. The molecule has 2 fully saturated rings. The lowest BCUT2D eigenvalue weighted by Crippen LogP contribution is -2.63. The quantitative estimate of drug-likeness (QED) is 0.802. The largest absolute Gasteiger partial charge is 0.355 e. The number of nitrogens with zero attached hydrogens (tertiary/aromatic N) is 3. The summed E-state index contributed by atoms with van der Waals surface area (Å²) in [5, 5.41) is 3.51. The number of benzene rings is 2. The molecule has 2 aromatic rings. The minimum Gasteiger partial charge on any atom is -0.355 e. The van der Waals surface area contributed by atoms with Gasteiger partial charge in [-0.15, -0.1) is 0 Å². The third-order valence-electron chi connectivity index (χ3n) is 6.94. The molecular formula is C25H29FN4O. The summed E-state index contributed by atoms with van der Waals surface area (Å²) in [5.41, 5.74) is 1.37. The Morgan fingerprint density at radius 1 is 1.19 bits per heavy atom. The lowest BCUT2D eigenvalue weighted by atomic mass is 9.81. The first-order valence-corrected chi connectivity index (χ1v) is 11.3. The van der Waals surface area contributed by atoms with Crippen LogP contribution in [-0.4, -0.2) is 47.5 Å². The van der Waals surface area contributed by atoms with Crippen LogP contribution in [0.2, 0.25) is 0 Å². The van der Waals surface area contributed by atoms with Crippen LogP contribution in [0.4, 0.5) is 14.9 Å². The highest BCUT2D eigenvalue weighted by Gasteiger charge is 2.55. The fourth-order valence-corrected chi connectivity index (χ4v) is 5.66. The van der Waals surface area contributed by atoms with E-state index in [1.54, 1.807) is 11.0 Å². The van der Waals surface area contributed by atoms with Crippen LogP contribution in [0.25, 0.3) is 0 Å². The predicted molar refractivity (Wildman–Crippen MR) is 121 cm³/mol. The minimum absolute atomic E-state index is 0.246. The maximum atomic E-state index is 14.1. The second-order valence-corrected chi connectivity index (χ2v) is 9.05. The minimum atomic E-state index is -0.533. The molecule has 6 heteroatoms. The molecule has 1 spiro atoms. The first-order chi connectivity index (χ1) is 15.1. The van der Waals surface area contributed by atoms with Crippen molar-refractivity contribution in [2.45, 2.75) is 56.7 Å². The van der Waals surface area contributed by atoms with Crippen molar-refractivity contribution < 1.29 is 9.18 Å². The second kappa shape index (κ2) is 8.08. The van der Waals surface area contributed by atoms with Gasteiger partial charge in [0.2, 0.25) is 0 Å². The Morgan fingerprint density at radius 3 is 2.81 bits per heavy atom. The number of hydrogen-bond donors (Lipinski definition) is 1. The SMILES string of the molecule is C[C@H]1C[C@]2(CCN1)C(N1CCCC1Cc1ccccc1)=NC(=O)N2c1cccc(F)c1. The zero-order chi connectivity index (χ0) is 21.4. The van der Waals surface area contributed by atoms with Crippen LogP contribution >= 0.6 is 0 Å². The number of anilines is 1. The van der Waals surface area contributed by atoms with Crippen molar-refractivity contribution >= 4 is 17.6 Å². The monoisotopic (exact) mass is 420 g/mol. The van der Waals surface area contributed by atoms with Gasteiger partial charge < -0.3 is 10.2 Å². The highest BCUT2D eigenvalue weighted by atomic mass is 19.1. The van der Waals surface area contributed by atoms with E-state index in [0.717, 1.165) is 51.0 Å². The zero-order valence-electron chi connectivity index (χ0n) is 17.9. The molecule has 0 bridgehead atoms. The van der Waals surface area contributed by atoms with Gasteiger partial charge in [0.1, 0.15) is 17.2 Å². The number of piperidine rings is 1. The number of aliphatic imine (C=N–C) groups is 1. The lowest BCUT2D eigenvalue weighted by Gasteiger charge is -2.47. The molecule has 0 radical (unpaired) electrons. The molecule has 5 rings (SSSR count). The highest BCUT2D eigenvalue weighted by molar-refractivity contribution is 6.16. The number of amides is 2. The molecule has 3 aliphatic rings. The van der Waals surface area contributed by atoms with E-state index in [0.29, 0.717) is 11.7 Å². The zero-order valence-corrected chi connectivity index (χ0v) is 17.9. The van der Waals surface area contributed by atoms with E-state index in [2.05, 4.69) is 46.4 Å². The Kier molecular flexibility index (Phi) is 5.26. The predicted octanol–water partition coefficient (Wildman–Crippen LogP) is 4.38. The third-order valence-corrected chi connectivity index (χ3v) is 6.94. The molecule has 5 nitrogen and oxygen atoms in total. The molecule has 31 heavy (non-hydrogen) atoms. The molecule has 2 saturated heterocycles. The van der Waals surface area contributed by atoms with Crippen LogP contribution in [0.3, 0.4) is 0 Å². The Labute approximate surface area is 183 Å². The van der Waals surface area contributed by atoms with Gasteiger partial charge in [-0.1, -0.05) is 36.4 Å². The summed E-state index contributed by atoms with van der Waals surface area (Å²) in [5.74, 6) is 0.549. The number of amidine groups is 1. The highest BCUT2D eigenvalue weighted by Crippen LogP contribution is 2.42. The Bertz CT molecular complexity index is 994. The fraction of sp³-hybridized carbons (Fsp3) is 0.440. The molecule has 3 atom stereocenters.